The Bertz CT molecular complexity index is 586. The number of amides is 1. The zero-order valence-corrected chi connectivity index (χ0v) is 11.9. The summed E-state index contributed by atoms with van der Waals surface area (Å²) in [5.74, 6) is -0.805. The number of carbonyl (C=O) groups is 1. The standard InChI is InChI=1S/C13H12Cl2N4O/c14-11-10(12(15)18-7-17-11)19-13(20)9(6-16)8-4-2-1-3-5-8/h1-5,7,9H,6,16H2,(H,19,20). The summed E-state index contributed by atoms with van der Waals surface area (Å²) in [6, 6.07) is 9.23. The van der Waals surface area contributed by atoms with Crippen molar-refractivity contribution in [3.05, 3.63) is 52.5 Å². The number of nitrogens with one attached hydrogen (secondary N) is 1. The highest BCUT2D eigenvalue weighted by Gasteiger charge is 2.21. The topological polar surface area (TPSA) is 80.9 Å². The molecule has 104 valence electrons. The molecule has 0 saturated heterocycles. The predicted molar refractivity (Wildman–Crippen MR) is 78.9 cm³/mol. The minimum absolute atomic E-state index is 0.0854. The number of nitrogens with zero attached hydrogens (tertiary/aromatic N) is 2. The second-order valence-corrected chi connectivity index (χ2v) is 4.73. The number of carbonyl (C=O) groups excluding carboxylic acids is 1. The van der Waals surface area contributed by atoms with Gasteiger partial charge in [-0.25, -0.2) is 9.97 Å². The molecule has 0 spiro atoms. The zero-order chi connectivity index (χ0) is 14.5. The lowest BCUT2D eigenvalue weighted by Gasteiger charge is -2.16. The molecule has 1 aromatic carbocycles. The molecule has 7 heteroatoms. The molecule has 1 amide bonds. The third-order valence-corrected chi connectivity index (χ3v) is 3.33. The van der Waals surface area contributed by atoms with E-state index >= 15 is 0 Å². The van der Waals surface area contributed by atoms with Gasteiger partial charge in [-0.15, -0.1) is 0 Å². The van der Waals surface area contributed by atoms with Crippen molar-refractivity contribution in [3.8, 4) is 0 Å². The van der Waals surface area contributed by atoms with Crippen LogP contribution in [0.1, 0.15) is 11.5 Å². The Balaban J connectivity index is 2.23. The molecule has 0 aliphatic carbocycles. The molecule has 1 aromatic heterocycles. The van der Waals surface area contributed by atoms with Crippen LogP contribution in [-0.4, -0.2) is 22.4 Å². The van der Waals surface area contributed by atoms with Crippen LogP contribution in [0.3, 0.4) is 0 Å². The molecule has 1 unspecified atom stereocenters. The van der Waals surface area contributed by atoms with Crippen molar-refractivity contribution in [1.29, 1.82) is 0 Å². The van der Waals surface area contributed by atoms with Gasteiger partial charge in [-0.2, -0.15) is 0 Å². The smallest absolute Gasteiger partial charge is 0.233 e. The van der Waals surface area contributed by atoms with E-state index in [9.17, 15) is 4.79 Å². The molecule has 0 saturated carbocycles. The molecule has 0 radical (unpaired) electrons. The van der Waals surface area contributed by atoms with Gasteiger partial charge in [-0.1, -0.05) is 53.5 Å². The molecule has 0 aliphatic heterocycles. The van der Waals surface area contributed by atoms with E-state index in [0.717, 1.165) is 5.56 Å². The minimum Gasteiger partial charge on any atom is -0.329 e. The quantitative estimate of drug-likeness (QED) is 0.850. The predicted octanol–water partition coefficient (Wildman–Crippen LogP) is 2.46. The summed E-state index contributed by atoms with van der Waals surface area (Å²) >= 11 is 11.8. The van der Waals surface area contributed by atoms with Crippen molar-refractivity contribution in [1.82, 2.24) is 9.97 Å². The third-order valence-electron chi connectivity index (χ3n) is 2.76. The first-order valence-corrected chi connectivity index (χ1v) is 6.61. The normalized spacial score (nSPS) is 11.9. The van der Waals surface area contributed by atoms with Gasteiger partial charge < -0.3 is 11.1 Å². The summed E-state index contributed by atoms with van der Waals surface area (Å²) in [6.07, 6.45) is 1.22. The van der Waals surface area contributed by atoms with Crippen LogP contribution in [0.4, 0.5) is 5.69 Å². The van der Waals surface area contributed by atoms with Crippen molar-refractivity contribution in [3.63, 3.8) is 0 Å². The van der Waals surface area contributed by atoms with Crippen LogP contribution in [-0.2, 0) is 4.79 Å². The highest BCUT2D eigenvalue weighted by atomic mass is 35.5. The third kappa shape index (κ3) is 3.25. The van der Waals surface area contributed by atoms with E-state index in [-0.39, 0.29) is 28.4 Å². The average Bonchev–Trinajstić information content (AvgIpc) is 2.45. The largest absolute Gasteiger partial charge is 0.329 e. The van der Waals surface area contributed by atoms with Crippen molar-refractivity contribution in [2.75, 3.05) is 11.9 Å². The van der Waals surface area contributed by atoms with Gasteiger partial charge in [-0.3, -0.25) is 4.79 Å². The van der Waals surface area contributed by atoms with E-state index in [4.69, 9.17) is 28.9 Å². The number of rotatable bonds is 4. The fraction of sp³-hybridized carbons (Fsp3) is 0.154. The van der Waals surface area contributed by atoms with Crippen LogP contribution >= 0.6 is 23.2 Å². The molecular formula is C13H12Cl2N4O. The highest BCUT2D eigenvalue weighted by molar-refractivity contribution is 6.38. The number of hydrogen-bond donors (Lipinski definition) is 2. The maximum Gasteiger partial charge on any atom is 0.233 e. The van der Waals surface area contributed by atoms with E-state index in [2.05, 4.69) is 15.3 Å². The molecule has 2 aromatic rings. The average molecular weight is 311 g/mol. The molecule has 0 bridgehead atoms. The maximum absolute atomic E-state index is 12.3. The lowest BCUT2D eigenvalue weighted by atomic mass is 9.98. The van der Waals surface area contributed by atoms with Crippen molar-refractivity contribution < 1.29 is 4.79 Å². The molecule has 20 heavy (non-hydrogen) atoms. The van der Waals surface area contributed by atoms with Gasteiger partial charge in [0.15, 0.2) is 10.3 Å². The first-order chi connectivity index (χ1) is 9.63. The van der Waals surface area contributed by atoms with Crippen LogP contribution in [0.2, 0.25) is 10.3 Å². The van der Waals surface area contributed by atoms with Gasteiger partial charge in [0, 0.05) is 6.54 Å². The van der Waals surface area contributed by atoms with Gasteiger partial charge >= 0.3 is 0 Å². The Hall–Kier alpha value is -1.69. The van der Waals surface area contributed by atoms with Gasteiger partial charge in [0.1, 0.15) is 12.0 Å². The fourth-order valence-corrected chi connectivity index (χ4v) is 2.15. The van der Waals surface area contributed by atoms with E-state index < -0.39 is 5.92 Å². The van der Waals surface area contributed by atoms with Crippen LogP contribution in [0.25, 0.3) is 0 Å². The number of anilines is 1. The molecule has 3 N–H and O–H groups in total. The summed E-state index contributed by atoms with van der Waals surface area (Å²) in [4.78, 5) is 19.8. The Morgan fingerprint density at radius 3 is 2.35 bits per heavy atom. The van der Waals surface area contributed by atoms with Gasteiger partial charge in [0.2, 0.25) is 5.91 Å². The van der Waals surface area contributed by atoms with Crippen molar-refractivity contribution >= 4 is 34.8 Å². The van der Waals surface area contributed by atoms with Gasteiger partial charge in [0.25, 0.3) is 0 Å². The first kappa shape index (κ1) is 14.7. The number of nitrogens with two attached hydrogens (primary N) is 1. The van der Waals surface area contributed by atoms with Crippen LogP contribution < -0.4 is 11.1 Å². The Morgan fingerprint density at radius 1 is 1.20 bits per heavy atom. The van der Waals surface area contributed by atoms with E-state index in [1.165, 1.54) is 6.33 Å². The van der Waals surface area contributed by atoms with Crippen LogP contribution in [0.5, 0.6) is 0 Å². The number of aromatic nitrogens is 2. The Labute approximate surface area is 126 Å². The summed E-state index contributed by atoms with van der Waals surface area (Å²) < 4.78 is 0. The number of benzene rings is 1. The summed E-state index contributed by atoms with van der Waals surface area (Å²) in [5, 5.41) is 2.79. The van der Waals surface area contributed by atoms with E-state index in [0.29, 0.717) is 0 Å². The van der Waals surface area contributed by atoms with Gasteiger partial charge in [0.05, 0.1) is 5.92 Å². The molecule has 0 fully saturated rings. The monoisotopic (exact) mass is 310 g/mol. The second kappa shape index (κ2) is 6.65. The lowest BCUT2D eigenvalue weighted by molar-refractivity contribution is -0.117. The van der Waals surface area contributed by atoms with E-state index in [1.807, 2.05) is 30.3 Å². The maximum atomic E-state index is 12.3. The molecule has 2 rings (SSSR count). The SMILES string of the molecule is NCC(C(=O)Nc1c(Cl)ncnc1Cl)c1ccccc1. The van der Waals surface area contributed by atoms with E-state index in [1.54, 1.807) is 0 Å². The Kier molecular flexibility index (Phi) is 4.89. The molecule has 1 atom stereocenters. The van der Waals surface area contributed by atoms with Crippen molar-refractivity contribution in [2.45, 2.75) is 5.92 Å². The van der Waals surface area contributed by atoms with Crippen molar-refractivity contribution in [2.24, 2.45) is 5.73 Å². The summed E-state index contributed by atoms with van der Waals surface area (Å²) in [6.45, 7) is 0.165. The first-order valence-electron chi connectivity index (χ1n) is 5.85. The summed E-state index contributed by atoms with van der Waals surface area (Å²) in [5.41, 5.74) is 6.68. The number of hydrogen-bond acceptors (Lipinski definition) is 4. The summed E-state index contributed by atoms with van der Waals surface area (Å²) in [7, 11) is 0. The second-order valence-electron chi connectivity index (χ2n) is 4.02. The fourth-order valence-electron chi connectivity index (χ4n) is 1.74. The van der Waals surface area contributed by atoms with Crippen LogP contribution in [0, 0.1) is 0 Å². The lowest BCUT2D eigenvalue weighted by Crippen LogP contribution is -2.27. The molecular weight excluding hydrogens is 299 g/mol. The van der Waals surface area contributed by atoms with Gasteiger partial charge in [-0.05, 0) is 5.56 Å². The molecule has 5 nitrogen and oxygen atoms in total. The van der Waals surface area contributed by atoms with Crippen LogP contribution in [0.15, 0.2) is 36.7 Å². The molecule has 1 heterocycles. The molecule has 0 aliphatic rings. The minimum atomic E-state index is -0.497. The Morgan fingerprint density at radius 2 is 1.80 bits per heavy atom. The zero-order valence-electron chi connectivity index (χ0n) is 10.4. The highest BCUT2D eigenvalue weighted by Crippen LogP contribution is 2.27. The number of halogens is 2.